The van der Waals surface area contributed by atoms with E-state index in [4.69, 9.17) is 10.5 Å². The van der Waals surface area contributed by atoms with Gasteiger partial charge in [-0.15, -0.1) is 0 Å². The first-order chi connectivity index (χ1) is 28.9. The number of rotatable bonds is 29. The minimum absolute atomic E-state index is 0.000968. The maximum absolute atomic E-state index is 13.9. The fraction of sp³-hybridized carbons (Fsp3) is 0.904. The summed E-state index contributed by atoms with van der Waals surface area (Å²) in [5.41, 5.74) is 7.82. The Balaban J connectivity index is 1.25. The Labute approximate surface area is 368 Å². The number of nitrogens with one attached hydrogen (secondary N) is 2. The van der Waals surface area contributed by atoms with Gasteiger partial charge in [0.1, 0.15) is 12.6 Å². The van der Waals surface area contributed by atoms with E-state index < -0.39 is 0 Å². The second-order valence-electron chi connectivity index (χ2n) is 21.1. The van der Waals surface area contributed by atoms with Crippen LogP contribution in [0.1, 0.15) is 215 Å². The van der Waals surface area contributed by atoms with Crippen molar-refractivity contribution < 1.29 is 19.1 Å². The quantitative estimate of drug-likeness (QED) is 0.0513. The van der Waals surface area contributed by atoms with Gasteiger partial charge in [-0.3, -0.25) is 14.5 Å². The maximum Gasteiger partial charge on any atom is 0.410 e. The fourth-order valence-electron chi connectivity index (χ4n) is 12.6. The highest BCUT2D eigenvalue weighted by Crippen LogP contribution is 2.67. The first-order valence-corrected chi connectivity index (χ1v) is 25.8. The number of nitrogens with zero attached hydrogens (tertiary/aromatic N) is 1. The summed E-state index contributed by atoms with van der Waals surface area (Å²) in [6.07, 6.45) is 32.8. The molecule has 0 aromatic carbocycles. The van der Waals surface area contributed by atoms with Crippen LogP contribution in [-0.4, -0.2) is 61.6 Å². The molecule has 8 nitrogen and oxygen atoms in total. The number of allylic oxidation sites excluding steroid dienone is 1. The van der Waals surface area contributed by atoms with Crippen molar-refractivity contribution in [2.45, 2.75) is 221 Å². The van der Waals surface area contributed by atoms with Crippen LogP contribution in [0, 0.1) is 46.3 Å². The Morgan fingerprint density at radius 2 is 1.43 bits per heavy atom. The molecule has 4 N–H and O–H groups in total. The van der Waals surface area contributed by atoms with E-state index in [0.717, 1.165) is 99.7 Å². The number of nitrogens with two attached hydrogens (primary N) is 1. The summed E-state index contributed by atoms with van der Waals surface area (Å²) in [7, 11) is 0. The standard InChI is InChI=1S/C52H94N4O4/c1-7-8-9-10-11-12-13-14-17-25-48(57)54-36-20-21-37-56(39-49(58)55-35-19-16-15-18-34-53)50(59)60-43-30-32-51(5)42(38-43)26-27-44-46-29-28-45(41(4)24-22-23-40(2)3)52(46,6)33-31-47(44)51/h26,40-41,43-47H,7-25,27-39,53H2,1-6H3,(H,54,57)(H,55,58)/t41-,43+,44+,45-,46+,47+,51+,52-/m1/s1. The van der Waals surface area contributed by atoms with Crippen LogP contribution in [0.2, 0.25) is 0 Å². The predicted octanol–water partition coefficient (Wildman–Crippen LogP) is 12.3. The lowest BCUT2D eigenvalue weighted by Crippen LogP contribution is -2.51. The first-order valence-electron chi connectivity index (χ1n) is 25.8. The van der Waals surface area contributed by atoms with Crippen LogP contribution in [0.15, 0.2) is 11.6 Å². The van der Waals surface area contributed by atoms with E-state index in [1.807, 2.05) is 0 Å². The van der Waals surface area contributed by atoms with Crippen molar-refractivity contribution in [3.63, 3.8) is 0 Å². The van der Waals surface area contributed by atoms with Crippen LogP contribution < -0.4 is 16.4 Å². The Hall–Kier alpha value is -2.09. The third-order valence-electron chi connectivity index (χ3n) is 16.3. The second kappa shape index (κ2) is 26.5. The predicted molar refractivity (Wildman–Crippen MR) is 250 cm³/mol. The second-order valence-corrected chi connectivity index (χ2v) is 21.1. The average molecular weight is 839 g/mol. The topological polar surface area (TPSA) is 114 Å². The smallest absolute Gasteiger partial charge is 0.410 e. The Kier molecular flexibility index (Phi) is 22.3. The number of fused-ring (bicyclic) bond motifs is 5. The fourth-order valence-corrected chi connectivity index (χ4v) is 12.6. The van der Waals surface area contributed by atoms with Crippen molar-refractivity contribution in [3.05, 3.63) is 11.6 Å². The van der Waals surface area contributed by atoms with Gasteiger partial charge < -0.3 is 21.1 Å². The van der Waals surface area contributed by atoms with Gasteiger partial charge in [0.25, 0.3) is 0 Å². The van der Waals surface area contributed by atoms with Crippen LogP contribution in [0.4, 0.5) is 4.79 Å². The third-order valence-corrected chi connectivity index (χ3v) is 16.3. The van der Waals surface area contributed by atoms with Crippen molar-refractivity contribution in [1.82, 2.24) is 15.5 Å². The van der Waals surface area contributed by atoms with Gasteiger partial charge in [-0.2, -0.15) is 0 Å². The molecule has 3 amide bonds. The van der Waals surface area contributed by atoms with Crippen molar-refractivity contribution in [3.8, 4) is 0 Å². The van der Waals surface area contributed by atoms with Gasteiger partial charge in [0.05, 0.1) is 0 Å². The van der Waals surface area contributed by atoms with Crippen molar-refractivity contribution in [2.75, 3.05) is 32.7 Å². The summed E-state index contributed by atoms with van der Waals surface area (Å²) >= 11 is 0. The summed E-state index contributed by atoms with van der Waals surface area (Å²) in [5, 5.41) is 6.11. The first kappa shape index (κ1) is 50.6. The lowest BCUT2D eigenvalue weighted by atomic mass is 9.47. The van der Waals surface area contributed by atoms with Crippen LogP contribution in [0.5, 0.6) is 0 Å². The lowest BCUT2D eigenvalue weighted by molar-refractivity contribution is -0.122. The van der Waals surface area contributed by atoms with Crippen LogP contribution in [-0.2, 0) is 14.3 Å². The summed E-state index contributed by atoms with van der Waals surface area (Å²) in [4.78, 5) is 41.1. The molecular weight excluding hydrogens is 745 g/mol. The minimum Gasteiger partial charge on any atom is -0.446 e. The summed E-state index contributed by atoms with van der Waals surface area (Å²) in [5.74, 6) is 4.80. The molecule has 0 radical (unpaired) electrons. The average Bonchev–Trinajstić information content (AvgIpc) is 3.58. The summed E-state index contributed by atoms with van der Waals surface area (Å²) < 4.78 is 6.30. The zero-order chi connectivity index (χ0) is 43.4. The SMILES string of the molecule is CCCCCCCCCCCC(=O)NCCCCN(CC(=O)NCCCCCCN)C(=O)O[C@H]1CC[C@@]2(C)C(=CC[C@H]3[C@@H]4CC[C@H]([C@H](C)CCCC(C)C)[C@@]4(C)CC[C@@H]32)C1. The number of unbranched alkanes of at least 4 members (excludes halogenated alkanes) is 12. The highest BCUT2D eigenvalue weighted by molar-refractivity contribution is 5.82. The number of hydrogen-bond acceptors (Lipinski definition) is 5. The molecule has 3 saturated carbocycles. The van der Waals surface area contributed by atoms with Gasteiger partial charge in [-0.1, -0.05) is 137 Å². The lowest BCUT2D eigenvalue weighted by Gasteiger charge is -2.58. The van der Waals surface area contributed by atoms with Crippen molar-refractivity contribution in [1.29, 1.82) is 0 Å². The van der Waals surface area contributed by atoms with E-state index in [2.05, 4.69) is 58.3 Å². The molecule has 8 heteroatoms. The molecule has 0 bridgehead atoms. The molecule has 0 spiro atoms. The third kappa shape index (κ3) is 15.3. The van der Waals surface area contributed by atoms with Crippen molar-refractivity contribution in [2.24, 2.45) is 52.1 Å². The van der Waals surface area contributed by atoms with Crippen molar-refractivity contribution >= 4 is 17.9 Å². The molecule has 0 unspecified atom stereocenters. The molecule has 4 aliphatic carbocycles. The molecule has 0 aromatic heterocycles. The Morgan fingerprint density at radius 3 is 2.15 bits per heavy atom. The Bertz CT molecular complexity index is 1300. The van der Waals surface area contributed by atoms with Crippen LogP contribution in [0.3, 0.4) is 0 Å². The number of carbonyl (C=O) groups is 3. The molecule has 0 heterocycles. The highest BCUT2D eigenvalue weighted by atomic mass is 16.6. The zero-order valence-corrected chi connectivity index (χ0v) is 39.9. The molecule has 0 aliphatic heterocycles. The zero-order valence-electron chi connectivity index (χ0n) is 39.9. The monoisotopic (exact) mass is 839 g/mol. The van der Waals surface area contributed by atoms with Gasteiger partial charge >= 0.3 is 6.09 Å². The van der Waals surface area contributed by atoms with Gasteiger partial charge in [0, 0.05) is 32.5 Å². The molecule has 0 aromatic rings. The molecular formula is C52H94N4O4. The number of ether oxygens (including phenoxy) is 1. The van der Waals surface area contributed by atoms with E-state index in [0.29, 0.717) is 44.4 Å². The van der Waals surface area contributed by atoms with E-state index in [1.165, 1.54) is 102 Å². The van der Waals surface area contributed by atoms with Gasteiger partial charge in [0.15, 0.2) is 0 Å². The molecule has 346 valence electrons. The van der Waals surface area contributed by atoms with Gasteiger partial charge in [-0.25, -0.2) is 4.79 Å². The van der Waals surface area contributed by atoms with Crippen LogP contribution in [0.25, 0.3) is 0 Å². The van der Waals surface area contributed by atoms with E-state index >= 15 is 0 Å². The van der Waals surface area contributed by atoms with E-state index in [1.54, 1.807) is 4.90 Å². The summed E-state index contributed by atoms with van der Waals surface area (Å²) in [6, 6.07) is 0. The molecule has 3 fully saturated rings. The van der Waals surface area contributed by atoms with E-state index in [-0.39, 0.29) is 36.0 Å². The maximum atomic E-state index is 13.9. The largest absolute Gasteiger partial charge is 0.446 e. The van der Waals surface area contributed by atoms with Gasteiger partial charge in [-0.05, 0) is 130 Å². The molecule has 0 saturated heterocycles. The molecule has 60 heavy (non-hydrogen) atoms. The number of hydrogen-bond donors (Lipinski definition) is 3. The highest BCUT2D eigenvalue weighted by Gasteiger charge is 2.59. The summed E-state index contributed by atoms with van der Waals surface area (Å²) in [6.45, 7) is 17.1. The van der Waals surface area contributed by atoms with Crippen LogP contribution >= 0.6 is 0 Å². The van der Waals surface area contributed by atoms with Gasteiger partial charge in [0.2, 0.25) is 11.8 Å². The number of carbonyl (C=O) groups excluding carboxylic acids is 3. The molecule has 4 aliphatic rings. The Morgan fingerprint density at radius 1 is 0.767 bits per heavy atom. The normalized spacial score (nSPS) is 27.7. The number of amides is 3. The molecule has 8 atom stereocenters. The molecule has 4 rings (SSSR count). The minimum atomic E-state index is -0.377. The van der Waals surface area contributed by atoms with E-state index in [9.17, 15) is 14.4 Å².